The first kappa shape index (κ1) is 13.6. The molecular formula is C14H12BrClN4. The van der Waals surface area contributed by atoms with Crippen LogP contribution in [0.1, 0.15) is 42.9 Å². The highest BCUT2D eigenvalue weighted by Gasteiger charge is 2.27. The quantitative estimate of drug-likeness (QED) is 0.814. The SMILES string of the molecule is N#Cc1c(C2CCCC2)nn(-c2ccc(Br)cn2)c1Cl. The predicted octanol–water partition coefficient (Wildman–Crippen LogP) is 4.21. The molecule has 0 spiro atoms. The fourth-order valence-corrected chi connectivity index (χ4v) is 3.14. The Kier molecular flexibility index (Phi) is 3.77. The molecule has 1 aliphatic carbocycles. The van der Waals surface area contributed by atoms with Crippen molar-refractivity contribution in [1.29, 1.82) is 5.26 Å². The molecule has 1 aliphatic rings. The third-order valence-electron chi connectivity index (χ3n) is 3.64. The lowest BCUT2D eigenvalue weighted by Crippen LogP contribution is -2.01. The lowest BCUT2D eigenvalue weighted by atomic mass is 10.0. The van der Waals surface area contributed by atoms with Crippen molar-refractivity contribution in [2.24, 2.45) is 0 Å². The Morgan fingerprint density at radius 3 is 2.70 bits per heavy atom. The van der Waals surface area contributed by atoms with Crippen LogP contribution in [0.5, 0.6) is 0 Å². The van der Waals surface area contributed by atoms with Crippen molar-refractivity contribution >= 4 is 27.5 Å². The minimum Gasteiger partial charge on any atom is -0.236 e. The van der Waals surface area contributed by atoms with Crippen LogP contribution in [0.2, 0.25) is 5.15 Å². The Morgan fingerprint density at radius 1 is 1.35 bits per heavy atom. The molecule has 0 N–H and O–H groups in total. The van der Waals surface area contributed by atoms with E-state index in [1.165, 1.54) is 12.8 Å². The lowest BCUT2D eigenvalue weighted by molar-refractivity contribution is 0.674. The van der Waals surface area contributed by atoms with Crippen LogP contribution in [0.4, 0.5) is 0 Å². The summed E-state index contributed by atoms with van der Waals surface area (Å²) in [5, 5.41) is 14.2. The minimum absolute atomic E-state index is 0.346. The highest BCUT2D eigenvalue weighted by Crippen LogP contribution is 2.37. The molecule has 0 aromatic carbocycles. The first-order chi connectivity index (χ1) is 9.70. The first-order valence-corrected chi connectivity index (χ1v) is 7.68. The average Bonchev–Trinajstić information content (AvgIpc) is 3.07. The zero-order chi connectivity index (χ0) is 14.1. The molecule has 0 radical (unpaired) electrons. The van der Waals surface area contributed by atoms with Crippen molar-refractivity contribution in [1.82, 2.24) is 14.8 Å². The average molecular weight is 352 g/mol. The van der Waals surface area contributed by atoms with E-state index in [1.807, 2.05) is 12.1 Å². The number of pyridine rings is 1. The van der Waals surface area contributed by atoms with Gasteiger partial charge >= 0.3 is 0 Å². The normalized spacial score (nSPS) is 15.4. The molecule has 0 saturated heterocycles. The molecule has 102 valence electrons. The Morgan fingerprint density at radius 2 is 2.10 bits per heavy atom. The van der Waals surface area contributed by atoms with Crippen LogP contribution in [-0.2, 0) is 0 Å². The maximum absolute atomic E-state index is 9.35. The van der Waals surface area contributed by atoms with Gasteiger partial charge in [-0.3, -0.25) is 0 Å². The second-order valence-corrected chi connectivity index (χ2v) is 6.16. The zero-order valence-electron chi connectivity index (χ0n) is 10.7. The zero-order valence-corrected chi connectivity index (χ0v) is 13.0. The third kappa shape index (κ3) is 2.34. The summed E-state index contributed by atoms with van der Waals surface area (Å²) in [6, 6.07) is 5.89. The molecule has 0 amide bonds. The van der Waals surface area contributed by atoms with E-state index in [-0.39, 0.29) is 0 Å². The van der Waals surface area contributed by atoms with Crippen molar-refractivity contribution in [2.75, 3.05) is 0 Å². The highest BCUT2D eigenvalue weighted by molar-refractivity contribution is 9.10. The number of nitrogens with zero attached hydrogens (tertiary/aromatic N) is 4. The first-order valence-electron chi connectivity index (χ1n) is 6.51. The van der Waals surface area contributed by atoms with Crippen LogP contribution in [0.15, 0.2) is 22.8 Å². The van der Waals surface area contributed by atoms with Crippen molar-refractivity contribution < 1.29 is 0 Å². The highest BCUT2D eigenvalue weighted by atomic mass is 79.9. The van der Waals surface area contributed by atoms with Crippen LogP contribution in [0, 0.1) is 11.3 Å². The molecule has 0 atom stereocenters. The molecule has 6 heteroatoms. The van der Waals surface area contributed by atoms with Crippen LogP contribution in [0.25, 0.3) is 5.82 Å². The summed E-state index contributed by atoms with van der Waals surface area (Å²) < 4.78 is 2.45. The van der Waals surface area contributed by atoms with E-state index in [0.29, 0.717) is 22.5 Å². The molecular weight excluding hydrogens is 340 g/mol. The Bertz CT molecular complexity index is 666. The molecule has 1 saturated carbocycles. The Hall–Kier alpha value is -1.38. The molecule has 1 fully saturated rings. The van der Waals surface area contributed by atoms with Crippen LogP contribution >= 0.6 is 27.5 Å². The second-order valence-electron chi connectivity index (χ2n) is 4.89. The van der Waals surface area contributed by atoms with Gasteiger partial charge in [-0.05, 0) is 40.9 Å². The molecule has 2 aromatic heterocycles. The summed E-state index contributed by atoms with van der Waals surface area (Å²) in [4.78, 5) is 4.28. The maximum Gasteiger partial charge on any atom is 0.155 e. The number of hydrogen-bond acceptors (Lipinski definition) is 3. The second kappa shape index (κ2) is 5.55. The molecule has 4 nitrogen and oxygen atoms in total. The summed E-state index contributed by atoms with van der Waals surface area (Å²) in [7, 11) is 0. The topological polar surface area (TPSA) is 54.5 Å². The van der Waals surface area contributed by atoms with Crippen molar-refractivity contribution in [2.45, 2.75) is 31.6 Å². The van der Waals surface area contributed by atoms with E-state index >= 15 is 0 Å². The Balaban J connectivity index is 2.08. The molecule has 0 unspecified atom stereocenters. The standard InChI is InChI=1S/C14H12BrClN4/c15-10-5-6-12(18-8-10)20-14(16)11(7-17)13(19-20)9-3-1-2-4-9/h5-6,8-9H,1-4H2. The van der Waals surface area contributed by atoms with Gasteiger partial charge in [0, 0.05) is 16.6 Å². The van der Waals surface area contributed by atoms with Gasteiger partial charge in [0.25, 0.3) is 0 Å². The van der Waals surface area contributed by atoms with Gasteiger partial charge in [-0.15, -0.1) is 0 Å². The summed E-state index contributed by atoms with van der Waals surface area (Å²) in [6.07, 6.45) is 6.23. The number of halogens is 2. The van der Waals surface area contributed by atoms with Crippen LogP contribution in [0.3, 0.4) is 0 Å². The van der Waals surface area contributed by atoms with Crippen molar-refractivity contribution in [3.05, 3.63) is 39.2 Å². The fraction of sp³-hybridized carbons (Fsp3) is 0.357. The fourth-order valence-electron chi connectivity index (χ4n) is 2.65. The van der Waals surface area contributed by atoms with E-state index in [4.69, 9.17) is 11.6 Å². The van der Waals surface area contributed by atoms with Gasteiger partial charge in [0.2, 0.25) is 0 Å². The smallest absolute Gasteiger partial charge is 0.155 e. The van der Waals surface area contributed by atoms with Gasteiger partial charge in [0.15, 0.2) is 11.0 Å². The van der Waals surface area contributed by atoms with Crippen molar-refractivity contribution in [3.63, 3.8) is 0 Å². The monoisotopic (exact) mass is 350 g/mol. The van der Waals surface area contributed by atoms with Gasteiger partial charge in [0.1, 0.15) is 11.6 Å². The van der Waals surface area contributed by atoms with Gasteiger partial charge < -0.3 is 0 Å². The molecule has 2 heterocycles. The lowest BCUT2D eigenvalue weighted by Gasteiger charge is -2.04. The number of hydrogen-bond donors (Lipinski definition) is 0. The third-order valence-corrected chi connectivity index (χ3v) is 4.46. The molecule has 3 rings (SSSR count). The van der Waals surface area contributed by atoms with Crippen LogP contribution in [-0.4, -0.2) is 14.8 Å². The van der Waals surface area contributed by atoms with E-state index in [1.54, 1.807) is 10.9 Å². The Labute approximate surface area is 130 Å². The van der Waals surface area contributed by atoms with Gasteiger partial charge in [-0.25, -0.2) is 9.67 Å². The summed E-state index contributed by atoms with van der Waals surface area (Å²) in [6.45, 7) is 0. The molecule has 0 bridgehead atoms. The van der Waals surface area contributed by atoms with E-state index < -0.39 is 0 Å². The summed E-state index contributed by atoms with van der Waals surface area (Å²) >= 11 is 9.65. The molecule has 0 aliphatic heterocycles. The summed E-state index contributed by atoms with van der Waals surface area (Å²) in [5.41, 5.74) is 1.31. The largest absolute Gasteiger partial charge is 0.236 e. The number of nitriles is 1. The predicted molar refractivity (Wildman–Crippen MR) is 80.0 cm³/mol. The molecule has 2 aromatic rings. The van der Waals surface area contributed by atoms with Gasteiger partial charge in [0.05, 0.1) is 5.69 Å². The van der Waals surface area contributed by atoms with Gasteiger partial charge in [-0.2, -0.15) is 10.4 Å². The minimum atomic E-state index is 0.346. The van der Waals surface area contributed by atoms with Crippen molar-refractivity contribution in [3.8, 4) is 11.9 Å². The summed E-state index contributed by atoms with van der Waals surface area (Å²) in [5.74, 6) is 0.970. The molecule has 20 heavy (non-hydrogen) atoms. The maximum atomic E-state index is 9.35. The van der Waals surface area contributed by atoms with E-state index in [0.717, 1.165) is 23.0 Å². The van der Waals surface area contributed by atoms with E-state index in [9.17, 15) is 5.26 Å². The van der Waals surface area contributed by atoms with E-state index in [2.05, 4.69) is 32.1 Å². The number of aromatic nitrogens is 3. The van der Waals surface area contributed by atoms with Gasteiger partial charge in [-0.1, -0.05) is 24.4 Å². The number of rotatable bonds is 2. The van der Waals surface area contributed by atoms with Crippen LogP contribution < -0.4 is 0 Å².